The molecule has 4 nitrogen and oxygen atoms in total. The predicted octanol–water partition coefficient (Wildman–Crippen LogP) is 11.7. The van der Waals surface area contributed by atoms with Crippen molar-refractivity contribution < 1.29 is 19.4 Å². The van der Waals surface area contributed by atoms with Gasteiger partial charge >= 0.3 is 5.97 Å². The van der Waals surface area contributed by atoms with Crippen molar-refractivity contribution in [3.8, 4) is 11.5 Å². The highest BCUT2D eigenvalue weighted by Crippen LogP contribution is 2.37. The van der Waals surface area contributed by atoms with Crippen LogP contribution in [0.25, 0.3) is 0 Å². The van der Waals surface area contributed by atoms with Gasteiger partial charge in [0.25, 0.3) is 0 Å². The zero-order valence-corrected chi connectivity index (χ0v) is 29.7. The number of rotatable bonds is 20. The van der Waals surface area contributed by atoms with Gasteiger partial charge in [-0.3, -0.25) is 4.79 Å². The number of hydrogen-bond acceptors (Lipinski definition) is 3. The number of benzene rings is 2. The molecule has 1 N–H and O–H groups in total. The zero-order chi connectivity index (χ0) is 32.8. The van der Waals surface area contributed by atoms with E-state index in [1.165, 1.54) is 54.4 Å². The molecule has 0 aliphatic heterocycles. The molecule has 2 atom stereocenters. The molecule has 0 aromatic heterocycles. The van der Waals surface area contributed by atoms with Gasteiger partial charge < -0.3 is 14.6 Å². The van der Waals surface area contributed by atoms with Gasteiger partial charge in [0.2, 0.25) is 0 Å². The van der Waals surface area contributed by atoms with Crippen molar-refractivity contribution in [1.82, 2.24) is 0 Å². The van der Waals surface area contributed by atoms with Gasteiger partial charge in [-0.05, 0) is 80.0 Å². The van der Waals surface area contributed by atoms with Gasteiger partial charge in [0, 0.05) is 6.42 Å². The molecule has 2 unspecified atom stereocenters. The molecule has 2 aromatic rings. The molecule has 0 fully saturated rings. The van der Waals surface area contributed by atoms with Crippen molar-refractivity contribution in [2.75, 3.05) is 0 Å². The molecule has 44 heavy (non-hydrogen) atoms. The minimum Gasteiger partial charge on any atom is -0.486 e. The first-order chi connectivity index (χ1) is 20.7. The first kappa shape index (κ1) is 37.7. The maximum absolute atomic E-state index is 10.9. The molecule has 0 saturated carbocycles. The molecule has 0 heterocycles. The van der Waals surface area contributed by atoms with Crippen LogP contribution in [0.15, 0.2) is 36.4 Å². The zero-order valence-electron chi connectivity index (χ0n) is 29.7. The van der Waals surface area contributed by atoms with Crippen LogP contribution >= 0.6 is 0 Å². The SMILES string of the molecule is CCCCCCCCC(Oc1ccc(C)cc1C(C)(C)C)C(CCCCCCCC(=O)O)Oc1ccc(C)cc1C(C)(C)C. The van der Waals surface area contributed by atoms with Gasteiger partial charge in [0.05, 0.1) is 0 Å². The second-order valence-electron chi connectivity index (χ2n) is 15.1. The lowest BCUT2D eigenvalue weighted by atomic mass is 9.85. The minimum atomic E-state index is -0.702. The van der Waals surface area contributed by atoms with Crippen LogP contribution in [0.3, 0.4) is 0 Å². The van der Waals surface area contributed by atoms with Crippen LogP contribution in [0.2, 0.25) is 0 Å². The molecule has 0 saturated heterocycles. The number of carbonyl (C=O) groups is 1. The Bertz CT molecular complexity index is 1120. The van der Waals surface area contributed by atoms with Gasteiger partial charge in [-0.15, -0.1) is 0 Å². The van der Waals surface area contributed by atoms with Crippen LogP contribution in [0.5, 0.6) is 11.5 Å². The van der Waals surface area contributed by atoms with E-state index in [2.05, 4.69) is 98.7 Å². The van der Waals surface area contributed by atoms with Gasteiger partial charge in [-0.2, -0.15) is 0 Å². The molecule has 0 aliphatic carbocycles. The Kier molecular flexibility index (Phi) is 15.8. The van der Waals surface area contributed by atoms with Crippen molar-refractivity contribution in [2.24, 2.45) is 0 Å². The molecule has 0 radical (unpaired) electrons. The van der Waals surface area contributed by atoms with Crippen LogP contribution in [0.4, 0.5) is 0 Å². The topological polar surface area (TPSA) is 55.8 Å². The molecule has 0 amide bonds. The standard InChI is InChI=1S/C40H64O4/c1-10-11-12-13-15-18-21-36(43-34-26-24-30(2)28-32(34)39(4,5)6)37(22-19-16-14-17-20-23-38(41)42)44-35-27-25-31(3)29-33(35)40(7,8)9/h24-29,36-37H,10-23H2,1-9H3,(H,41,42). The molecular weight excluding hydrogens is 544 g/mol. The Balaban J connectivity index is 2.39. The third-order valence-corrected chi connectivity index (χ3v) is 8.58. The molecular formula is C40H64O4. The summed E-state index contributed by atoms with van der Waals surface area (Å²) in [7, 11) is 0. The summed E-state index contributed by atoms with van der Waals surface area (Å²) >= 11 is 0. The van der Waals surface area contributed by atoms with Gasteiger partial charge in [0.15, 0.2) is 0 Å². The quantitative estimate of drug-likeness (QED) is 0.152. The van der Waals surface area contributed by atoms with Crippen LogP contribution in [-0.4, -0.2) is 23.3 Å². The first-order valence-electron chi connectivity index (χ1n) is 17.5. The van der Waals surface area contributed by atoms with Crippen molar-refractivity contribution in [2.45, 2.75) is 175 Å². The van der Waals surface area contributed by atoms with Crippen molar-refractivity contribution >= 4 is 5.97 Å². The number of aliphatic carboxylic acids is 1. The van der Waals surface area contributed by atoms with Gasteiger partial charge in [0.1, 0.15) is 23.7 Å². The normalized spacial score (nSPS) is 13.5. The summed E-state index contributed by atoms with van der Waals surface area (Å²) in [6, 6.07) is 13.2. The highest BCUT2D eigenvalue weighted by Gasteiger charge is 2.30. The summed E-state index contributed by atoms with van der Waals surface area (Å²) in [5, 5.41) is 8.99. The number of unbranched alkanes of at least 4 members (excludes halogenated alkanes) is 9. The Morgan fingerprint density at radius 2 is 1.02 bits per heavy atom. The van der Waals surface area contributed by atoms with Crippen LogP contribution in [0, 0.1) is 13.8 Å². The summed E-state index contributed by atoms with van der Waals surface area (Å²) in [6.07, 6.45) is 14.3. The molecule has 2 rings (SSSR count). The van der Waals surface area contributed by atoms with E-state index in [1.54, 1.807) is 0 Å². The second kappa shape index (κ2) is 18.5. The molecule has 0 spiro atoms. The second-order valence-corrected chi connectivity index (χ2v) is 15.1. The summed E-state index contributed by atoms with van der Waals surface area (Å²) in [4.78, 5) is 10.9. The highest BCUT2D eigenvalue weighted by molar-refractivity contribution is 5.66. The summed E-state index contributed by atoms with van der Waals surface area (Å²) < 4.78 is 14.1. The average Bonchev–Trinajstić information content (AvgIpc) is 2.93. The number of carboxylic acids is 1. The van der Waals surface area contributed by atoms with Crippen LogP contribution in [0.1, 0.15) is 161 Å². The van der Waals surface area contributed by atoms with Crippen molar-refractivity contribution in [3.63, 3.8) is 0 Å². The lowest BCUT2D eigenvalue weighted by molar-refractivity contribution is -0.137. The Labute approximate surface area is 270 Å². The molecule has 2 aromatic carbocycles. The maximum atomic E-state index is 10.9. The number of carboxylic acid groups (broad SMARTS) is 1. The van der Waals surface area contributed by atoms with E-state index in [0.29, 0.717) is 0 Å². The van der Waals surface area contributed by atoms with E-state index in [9.17, 15) is 4.79 Å². The minimum absolute atomic E-state index is 0.0330. The van der Waals surface area contributed by atoms with E-state index in [0.717, 1.165) is 62.9 Å². The average molecular weight is 609 g/mol. The number of hydrogen-bond donors (Lipinski definition) is 1. The highest BCUT2D eigenvalue weighted by atomic mass is 16.5. The third-order valence-electron chi connectivity index (χ3n) is 8.58. The number of aryl methyl sites for hydroxylation is 2. The van der Waals surface area contributed by atoms with Gasteiger partial charge in [-0.25, -0.2) is 0 Å². The fourth-order valence-corrected chi connectivity index (χ4v) is 5.91. The summed E-state index contributed by atoms with van der Waals surface area (Å²) in [5.41, 5.74) is 4.90. The predicted molar refractivity (Wildman–Crippen MR) is 187 cm³/mol. The summed E-state index contributed by atoms with van der Waals surface area (Å²) in [6.45, 7) is 20.1. The number of ether oxygens (including phenoxy) is 2. The van der Waals surface area contributed by atoms with Crippen molar-refractivity contribution in [3.05, 3.63) is 58.7 Å². The Morgan fingerprint density at radius 1 is 0.636 bits per heavy atom. The largest absolute Gasteiger partial charge is 0.486 e. The lowest BCUT2D eigenvalue weighted by Crippen LogP contribution is -2.37. The molecule has 248 valence electrons. The fourth-order valence-electron chi connectivity index (χ4n) is 5.91. The Hall–Kier alpha value is -2.49. The summed E-state index contributed by atoms with van der Waals surface area (Å²) in [5.74, 6) is 1.24. The Morgan fingerprint density at radius 3 is 1.41 bits per heavy atom. The fraction of sp³-hybridized carbons (Fsp3) is 0.675. The van der Waals surface area contributed by atoms with E-state index in [-0.39, 0.29) is 29.5 Å². The van der Waals surface area contributed by atoms with E-state index in [4.69, 9.17) is 14.6 Å². The molecule has 0 bridgehead atoms. The molecule has 4 heteroatoms. The van der Waals surface area contributed by atoms with E-state index >= 15 is 0 Å². The molecule has 0 aliphatic rings. The van der Waals surface area contributed by atoms with Gasteiger partial charge in [-0.1, -0.05) is 135 Å². The lowest BCUT2D eigenvalue weighted by Gasteiger charge is -2.33. The smallest absolute Gasteiger partial charge is 0.303 e. The third kappa shape index (κ3) is 13.7. The first-order valence-corrected chi connectivity index (χ1v) is 17.5. The monoisotopic (exact) mass is 608 g/mol. The van der Waals surface area contributed by atoms with E-state index < -0.39 is 5.97 Å². The van der Waals surface area contributed by atoms with E-state index in [1.807, 2.05) is 0 Å². The van der Waals surface area contributed by atoms with Crippen LogP contribution in [-0.2, 0) is 15.6 Å². The van der Waals surface area contributed by atoms with Crippen molar-refractivity contribution in [1.29, 1.82) is 0 Å². The maximum Gasteiger partial charge on any atom is 0.303 e. The van der Waals surface area contributed by atoms with Crippen LogP contribution < -0.4 is 9.47 Å².